The molecule has 0 radical (unpaired) electrons. The lowest BCUT2D eigenvalue weighted by atomic mass is 10.1. The Balaban J connectivity index is 2.21. The number of sulfonamides is 1. The highest BCUT2D eigenvalue weighted by molar-refractivity contribution is 7.89. The van der Waals surface area contributed by atoms with Crippen LogP contribution in [0.15, 0.2) is 29.4 Å². The van der Waals surface area contributed by atoms with Gasteiger partial charge in [0.05, 0.1) is 0 Å². The first kappa shape index (κ1) is 11.5. The van der Waals surface area contributed by atoms with Crippen molar-refractivity contribution in [1.29, 1.82) is 0 Å². The lowest BCUT2D eigenvalue weighted by Crippen LogP contribution is -2.29. The van der Waals surface area contributed by atoms with Crippen LogP contribution in [-0.2, 0) is 10.0 Å². The van der Waals surface area contributed by atoms with Crippen LogP contribution >= 0.6 is 0 Å². The van der Waals surface area contributed by atoms with Crippen LogP contribution in [0.2, 0.25) is 0 Å². The summed E-state index contributed by atoms with van der Waals surface area (Å²) in [6.45, 7) is 0.883. The number of aromatic nitrogens is 1. The second-order valence-electron chi connectivity index (χ2n) is 3.87. The Hall–Kier alpha value is -0.980. The molecule has 0 aliphatic carbocycles. The number of rotatable bonds is 3. The van der Waals surface area contributed by atoms with Crippen molar-refractivity contribution in [1.82, 2.24) is 9.29 Å². The van der Waals surface area contributed by atoms with E-state index in [0.717, 1.165) is 0 Å². The van der Waals surface area contributed by atoms with Crippen LogP contribution in [0.3, 0.4) is 0 Å². The van der Waals surface area contributed by atoms with Gasteiger partial charge in [-0.05, 0) is 24.5 Å². The molecule has 1 aromatic heterocycles. The normalized spacial score (nSPS) is 22.4. The van der Waals surface area contributed by atoms with E-state index in [1.54, 1.807) is 12.1 Å². The van der Waals surface area contributed by atoms with E-state index in [-0.39, 0.29) is 17.6 Å². The smallest absolute Gasteiger partial charge is 0.260 e. The molecule has 0 bridgehead atoms. The summed E-state index contributed by atoms with van der Waals surface area (Å²) in [6, 6.07) is 4.82. The van der Waals surface area contributed by atoms with Gasteiger partial charge in [0.2, 0.25) is 0 Å². The van der Waals surface area contributed by atoms with Crippen molar-refractivity contribution in [2.75, 3.05) is 19.7 Å². The number of hydrogen-bond donors (Lipinski definition) is 1. The van der Waals surface area contributed by atoms with Crippen molar-refractivity contribution in [3.05, 3.63) is 24.4 Å². The lowest BCUT2D eigenvalue weighted by Gasteiger charge is -2.15. The maximum absolute atomic E-state index is 12.1. The van der Waals surface area contributed by atoms with Crippen LogP contribution < -0.4 is 0 Å². The fraction of sp³-hybridized carbons (Fsp3) is 0.500. The number of aliphatic hydroxyl groups is 1. The minimum Gasteiger partial charge on any atom is -0.396 e. The van der Waals surface area contributed by atoms with Crippen LogP contribution in [0.5, 0.6) is 0 Å². The molecule has 16 heavy (non-hydrogen) atoms. The highest BCUT2D eigenvalue weighted by Gasteiger charge is 2.32. The first-order valence-corrected chi connectivity index (χ1v) is 6.60. The predicted octanol–water partition coefficient (Wildman–Crippen LogP) is 0.0845. The third kappa shape index (κ3) is 2.09. The molecule has 2 rings (SSSR count). The third-order valence-electron chi connectivity index (χ3n) is 2.75. The topological polar surface area (TPSA) is 70.5 Å². The van der Waals surface area contributed by atoms with E-state index < -0.39 is 10.0 Å². The van der Waals surface area contributed by atoms with Gasteiger partial charge in [-0.2, -0.15) is 4.31 Å². The minimum atomic E-state index is -3.47. The quantitative estimate of drug-likeness (QED) is 0.815. The standard InChI is InChI=1S/C10H14N2O3S/c13-8-9-4-6-12(7-9)16(14,15)10-3-1-2-5-11-10/h1-3,5,9,13H,4,6-8H2/t9-/m0/s1. The zero-order valence-corrected chi connectivity index (χ0v) is 9.60. The van der Waals surface area contributed by atoms with Crippen LogP contribution in [0.1, 0.15) is 6.42 Å². The second kappa shape index (κ2) is 4.48. The molecule has 0 aromatic carbocycles. The highest BCUT2D eigenvalue weighted by Crippen LogP contribution is 2.22. The molecule has 5 nitrogen and oxygen atoms in total. The fourth-order valence-electron chi connectivity index (χ4n) is 1.80. The van der Waals surface area contributed by atoms with Gasteiger partial charge in [-0.3, -0.25) is 0 Å². The number of hydrogen-bond acceptors (Lipinski definition) is 4. The number of aliphatic hydroxyl groups excluding tert-OH is 1. The van der Waals surface area contributed by atoms with E-state index in [0.29, 0.717) is 19.5 Å². The first-order valence-electron chi connectivity index (χ1n) is 5.16. The van der Waals surface area contributed by atoms with Crippen molar-refractivity contribution in [3.63, 3.8) is 0 Å². The van der Waals surface area contributed by atoms with Crippen LogP contribution in [0.25, 0.3) is 0 Å². The Morgan fingerprint density at radius 1 is 1.50 bits per heavy atom. The summed E-state index contributed by atoms with van der Waals surface area (Å²) < 4.78 is 25.5. The summed E-state index contributed by atoms with van der Waals surface area (Å²) in [5.74, 6) is 0.0542. The summed E-state index contributed by atoms with van der Waals surface area (Å²) in [5, 5.41) is 9.06. The largest absolute Gasteiger partial charge is 0.396 e. The molecule has 1 aliphatic rings. The number of pyridine rings is 1. The molecular weight excluding hydrogens is 228 g/mol. The average Bonchev–Trinajstić information content (AvgIpc) is 2.79. The maximum Gasteiger partial charge on any atom is 0.260 e. The lowest BCUT2D eigenvalue weighted by molar-refractivity contribution is 0.233. The van der Waals surface area contributed by atoms with E-state index in [2.05, 4.69) is 4.98 Å². The summed E-state index contributed by atoms with van der Waals surface area (Å²) in [5.41, 5.74) is 0. The van der Waals surface area contributed by atoms with Gasteiger partial charge in [0.15, 0.2) is 5.03 Å². The Morgan fingerprint density at radius 2 is 2.31 bits per heavy atom. The second-order valence-corrected chi connectivity index (χ2v) is 5.75. The van der Waals surface area contributed by atoms with Gasteiger partial charge in [-0.1, -0.05) is 6.07 Å². The molecule has 0 unspecified atom stereocenters. The van der Waals surface area contributed by atoms with E-state index in [9.17, 15) is 8.42 Å². The minimum absolute atomic E-state index is 0.0360. The van der Waals surface area contributed by atoms with Gasteiger partial charge in [0, 0.05) is 25.9 Å². The monoisotopic (exact) mass is 242 g/mol. The summed E-state index contributed by atoms with van der Waals surface area (Å²) in [7, 11) is -3.47. The molecule has 88 valence electrons. The Morgan fingerprint density at radius 3 is 2.88 bits per heavy atom. The summed E-state index contributed by atoms with van der Waals surface area (Å²) >= 11 is 0. The highest BCUT2D eigenvalue weighted by atomic mass is 32.2. The van der Waals surface area contributed by atoms with Crippen LogP contribution in [0.4, 0.5) is 0 Å². The van der Waals surface area contributed by atoms with Gasteiger partial charge in [0.1, 0.15) is 0 Å². The summed E-state index contributed by atoms with van der Waals surface area (Å²) in [6.07, 6.45) is 2.18. The first-order chi connectivity index (χ1) is 7.64. The van der Waals surface area contributed by atoms with E-state index in [1.807, 2.05) is 0 Å². The van der Waals surface area contributed by atoms with Crippen LogP contribution in [-0.4, -0.2) is 42.5 Å². The van der Waals surface area contributed by atoms with Crippen molar-refractivity contribution in [2.24, 2.45) is 5.92 Å². The average molecular weight is 242 g/mol. The van der Waals surface area contributed by atoms with E-state index in [1.165, 1.54) is 16.6 Å². The Labute approximate surface area is 94.8 Å². The molecular formula is C10H14N2O3S. The molecule has 1 aliphatic heterocycles. The molecule has 1 saturated heterocycles. The van der Waals surface area contributed by atoms with Gasteiger partial charge in [-0.25, -0.2) is 13.4 Å². The van der Waals surface area contributed by atoms with E-state index >= 15 is 0 Å². The van der Waals surface area contributed by atoms with Crippen molar-refractivity contribution in [2.45, 2.75) is 11.4 Å². The third-order valence-corrected chi connectivity index (χ3v) is 4.53. The molecule has 1 aromatic rings. The van der Waals surface area contributed by atoms with Gasteiger partial charge in [0.25, 0.3) is 10.0 Å². The number of nitrogens with zero attached hydrogens (tertiary/aromatic N) is 2. The molecule has 0 saturated carbocycles. The molecule has 0 spiro atoms. The Bertz CT molecular complexity index is 446. The zero-order valence-electron chi connectivity index (χ0n) is 8.78. The van der Waals surface area contributed by atoms with E-state index in [4.69, 9.17) is 5.11 Å². The van der Waals surface area contributed by atoms with Crippen molar-refractivity contribution in [3.8, 4) is 0 Å². The van der Waals surface area contributed by atoms with Crippen molar-refractivity contribution < 1.29 is 13.5 Å². The molecule has 1 N–H and O–H groups in total. The summed E-state index contributed by atoms with van der Waals surface area (Å²) in [4.78, 5) is 3.85. The van der Waals surface area contributed by atoms with Crippen molar-refractivity contribution >= 4 is 10.0 Å². The van der Waals surface area contributed by atoms with Gasteiger partial charge >= 0.3 is 0 Å². The fourth-order valence-corrected chi connectivity index (χ4v) is 3.26. The van der Waals surface area contributed by atoms with Gasteiger partial charge in [-0.15, -0.1) is 0 Å². The maximum atomic E-state index is 12.1. The Kier molecular flexibility index (Phi) is 3.22. The molecule has 2 heterocycles. The molecule has 0 amide bonds. The van der Waals surface area contributed by atoms with Gasteiger partial charge < -0.3 is 5.11 Å². The SMILES string of the molecule is O=S(=O)(c1ccccn1)N1CC[C@H](CO)C1. The molecule has 6 heteroatoms. The molecule has 1 fully saturated rings. The van der Waals surface area contributed by atoms with Crippen LogP contribution in [0, 0.1) is 5.92 Å². The molecule has 1 atom stereocenters. The zero-order chi connectivity index (χ0) is 11.6. The predicted molar refractivity (Wildman–Crippen MR) is 58.2 cm³/mol.